The molecule has 0 unspecified atom stereocenters. The van der Waals surface area contributed by atoms with Crippen LogP contribution in [-0.4, -0.2) is 83.3 Å². The maximum absolute atomic E-state index is 11.5. The Morgan fingerprint density at radius 3 is 2.37 bits per heavy atom. The first-order valence-electron chi connectivity index (χ1n) is 9.03. The SMILES string of the molecule is CC(=O)N[C@H]1[C@@H](OCCCCNC(=O)OC(C)(C)C)O[C@H](CO)[C@@H](O)[C@@H]1O. The summed E-state index contributed by atoms with van der Waals surface area (Å²) < 4.78 is 16.1. The Morgan fingerprint density at radius 1 is 1.15 bits per heavy atom. The van der Waals surface area contributed by atoms with Crippen molar-refractivity contribution in [2.45, 2.75) is 76.8 Å². The number of aliphatic hydroxyl groups excluding tert-OH is 3. The molecule has 1 aliphatic heterocycles. The molecule has 0 aliphatic carbocycles. The molecule has 158 valence electrons. The summed E-state index contributed by atoms with van der Waals surface area (Å²) in [5.74, 6) is -0.410. The Labute approximate surface area is 159 Å². The normalized spacial score (nSPS) is 28.5. The van der Waals surface area contributed by atoms with Crippen molar-refractivity contribution in [2.24, 2.45) is 0 Å². The van der Waals surface area contributed by atoms with Gasteiger partial charge in [0.05, 0.1) is 6.61 Å². The van der Waals surface area contributed by atoms with Gasteiger partial charge < -0.3 is 40.2 Å². The van der Waals surface area contributed by atoms with E-state index in [1.54, 1.807) is 20.8 Å². The number of carbonyl (C=O) groups is 2. The van der Waals surface area contributed by atoms with E-state index in [4.69, 9.17) is 14.2 Å². The average Bonchev–Trinajstić information content (AvgIpc) is 2.54. The number of rotatable bonds is 8. The second-order valence-electron chi connectivity index (χ2n) is 7.44. The predicted molar refractivity (Wildman–Crippen MR) is 94.8 cm³/mol. The van der Waals surface area contributed by atoms with Crippen LogP contribution >= 0.6 is 0 Å². The van der Waals surface area contributed by atoms with Gasteiger partial charge in [-0.1, -0.05) is 0 Å². The van der Waals surface area contributed by atoms with Gasteiger partial charge in [-0.25, -0.2) is 4.79 Å². The van der Waals surface area contributed by atoms with Crippen LogP contribution in [-0.2, 0) is 19.0 Å². The van der Waals surface area contributed by atoms with E-state index >= 15 is 0 Å². The number of unbranched alkanes of at least 4 members (excludes halogenated alkanes) is 1. The van der Waals surface area contributed by atoms with E-state index in [0.29, 0.717) is 19.4 Å². The molecule has 0 aromatic rings. The van der Waals surface area contributed by atoms with Crippen LogP contribution in [0.1, 0.15) is 40.5 Å². The van der Waals surface area contributed by atoms with E-state index in [0.717, 1.165) is 0 Å². The van der Waals surface area contributed by atoms with E-state index in [9.17, 15) is 24.9 Å². The molecule has 1 saturated heterocycles. The van der Waals surface area contributed by atoms with Gasteiger partial charge in [0.2, 0.25) is 5.91 Å². The van der Waals surface area contributed by atoms with Crippen molar-refractivity contribution in [3.8, 4) is 0 Å². The van der Waals surface area contributed by atoms with Crippen molar-refractivity contribution in [2.75, 3.05) is 19.8 Å². The zero-order valence-electron chi connectivity index (χ0n) is 16.3. The first-order valence-corrected chi connectivity index (χ1v) is 9.03. The molecule has 10 nitrogen and oxygen atoms in total. The minimum Gasteiger partial charge on any atom is -0.444 e. The molecule has 0 spiro atoms. The van der Waals surface area contributed by atoms with Gasteiger partial charge in [0, 0.05) is 20.1 Å². The molecule has 1 fully saturated rings. The molecule has 1 rings (SSSR count). The molecular formula is C17H32N2O8. The van der Waals surface area contributed by atoms with Gasteiger partial charge in [-0.3, -0.25) is 4.79 Å². The standard InChI is InChI=1S/C17H32N2O8/c1-10(21)19-12-14(23)13(22)11(9-20)26-15(12)25-8-6-5-7-18-16(24)27-17(2,3)4/h11-15,20,22-23H,5-9H2,1-4H3,(H,18,24)(H,19,21)/t11-,12-,13-,14-,15+/m1/s1. The maximum atomic E-state index is 11.5. The number of hydrogen-bond acceptors (Lipinski definition) is 8. The fourth-order valence-electron chi connectivity index (χ4n) is 2.54. The van der Waals surface area contributed by atoms with Crippen LogP contribution in [0.2, 0.25) is 0 Å². The molecule has 0 aromatic heterocycles. The summed E-state index contributed by atoms with van der Waals surface area (Å²) >= 11 is 0. The molecule has 2 amide bonds. The lowest BCUT2D eigenvalue weighted by atomic mass is 9.97. The molecule has 0 bridgehead atoms. The van der Waals surface area contributed by atoms with Crippen molar-refractivity contribution in [1.82, 2.24) is 10.6 Å². The topological polar surface area (TPSA) is 147 Å². The van der Waals surface area contributed by atoms with Crippen LogP contribution in [0, 0.1) is 0 Å². The summed E-state index contributed by atoms with van der Waals surface area (Å²) in [6.45, 7) is 6.75. The summed E-state index contributed by atoms with van der Waals surface area (Å²) in [6.07, 6.45) is -4.00. The summed E-state index contributed by atoms with van der Waals surface area (Å²) in [5, 5.41) is 34.4. The first kappa shape index (κ1) is 23.6. The highest BCUT2D eigenvalue weighted by atomic mass is 16.7. The Balaban J connectivity index is 2.39. The lowest BCUT2D eigenvalue weighted by Gasteiger charge is -2.42. The highest BCUT2D eigenvalue weighted by Crippen LogP contribution is 2.22. The molecule has 27 heavy (non-hydrogen) atoms. The average molecular weight is 392 g/mol. The number of alkyl carbamates (subject to hydrolysis) is 1. The molecule has 0 saturated carbocycles. The van der Waals surface area contributed by atoms with Crippen LogP contribution in [0.15, 0.2) is 0 Å². The van der Waals surface area contributed by atoms with Crippen molar-refractivity contribution in [3.63, 3.8) is 0 Å². The Hall–Kier alpha value is -1.46. The van der Waals surface area contributed by atoms with E-state index in [1.807, 2.05) is 0 Å². The number of ether oxygens (including phenoxy) is 3. The smallest absolute Gasteiger partial charge is 0.407 e. The van der Waals surface area contributed by atoms with Crippen LogP contribution in [0.25, 0.3) is 0 Å². The van der Waals surface area contributed by atoms with Gasteiger partial charge in [-0.15, -0.1) is 0 Å². The summed E-state index contributed by atoms with van der Waals surface area (Å²) in [6, 6.07) is -0.958. The number of nitrogens with one attached hydrogen (secondary N) is 2. The lowest BCUT2D eigenvalue weighted by molar-refractivity contribution is -0.270. The quantitative estimate of drug-likeness (QED) is 0.339. The van der Waals surface area contributed by atoms with Crippen LogP contribution in [0.3, 0.4) is 0 Å². The Morgan fingerprint density at radius 2 is 1.81 bits per heavy atom. The monoisotopic (exact) mass is 392 g/mol. The van der Waals surface area contributed by atoms with Gasteiger partial charge in [0.15, 0.2) is 6.29 Å². The largest absolute Gasteiger partial charge is 0.444 e. The highest BCUT2D eigenvalue weighted by Gasteiger charge is 2.45. The van der Waals surface area contributed by atoms with E-state index in [1.165, 1.54) is 6.92 Å². The molecule has 10 heteroatoms. The third-order valence-corrected chi connectivity index (χ3v) is 3.77. The number of hydrogen-bond donors (Lipinski definition) is 5. The molecule has 1 heterocycles. The second-order valence-corrected chi connectivity index (χ2v) is 7.44. The number of amides is 2. The second kappa shape index (κ2) is 10.8. The van der Waals surface area contributed by atoms with Crippen molar-refractivity contribution in [3.05, 3.63) is 0 Å². The maximum Gasteiger partial charge on any atom is 0.407 e. The fourth-order valence-corrected chi connectivity index (χ4v) is 2.54. The minimum atomic E-state index is -1.34. The Kier molecular flexibility index (Phi) is 9.40. The van der Waals surface area contributed by atoms with Gasteiger partial charge in [-0.05, 0) is 33.6 Å². The number of carbonyl (C=O) groups excluding carboxylic acids is 2. The van der Waals surface area contributed by atoms with Gasteiger partial charge in [0.25, 0.3) is 0 Å². The molecular weight excluding hydrogens is 360 g/mol. The molecule has 0 aromatic carbocycles. The van der Waals surface area contributed by atoms with Gasteiger partial charge in [-0.2, -0.15) is 0 Å². The lowest BCUT2D eigenvalue weighted by Crippen LogP contribution is -2.64. The van der Waals surface area contributed by atoms with Gasteiger partial charge >= 0.3 is 6.09 Å². The predicted octanol–water partition coefficient (Wildman–Crippen LogP) is -0.748. The van der Waals surface area contributed by atoms with Crippen molar-refractivity contribution >= 4 is 12.0 Å². The van der Waals surface area contributed by atoms with Crippen molar-refractivity contribution < 1.29 is 39.1 Å². The van der Waals surface area contributed by atoms with Gasteiger partial charge in [0.1, 0.15) is 30.0 Å². The summed E-state index contributed by atoms with van der Waals surface area (Å²) in [7, 11) is 0. The number of aliphatic hydroxyl groups is 3. The third kappa shape index (κ3) is 8.39. The van der Waals surface area contributed by atoms with Crippen LogP contribution < -0.4 is 10.6 Å². The Bertz CT molecular complexity index is 482. The first-order chi connectivity index (χ1) is 12.5. The van der Waals surface area contributed by atoms with Crippen LogP contribution in [0.5, 0.6) is 0 Å². The molecule has 5 N–H and O–H groups in total. The molecule has 1 aliphatic rings. The van der Waals surface area contributed by atoms with Crippen LogP contribution in [0.4, 0.5) is 4.79 Å². The summed E-state index contributed by atoms with van der Waals surface area (Å²) in [4.78, 5) is 22.8. The van der Waals surface area contributed by atoms with E-state index in [2.05, 4.69) is 10.6 Å². The summed E-state index contributed by atoms with van der Waals surface area (Å²) in [5.41, 5.74) is -0.557. The molecule has 0 radical (unpaired) electrons. The van der Waals surface area contributed by atoms with E-state index in [-0.39, 0.29) is 6.61 Å². The zero-order valence-corrected chi connectivity index (χ0v) is 16.3. The zero-order chi connectivity index (χ0) is 20.6. The molecule has 5 atom stereocenters. The van der Waals surface area contributed by atoms with Crippen molar-refractivity contribution in [1.29, 1.82) is 0 Å². The fraction of sp³-hybridized carbons (Fsp3) is 0.882. The minimum absolute atomic E-state index is 0.234. The van der Waals surface area contributed by atoms with E-state index < -0.39 is 54.9 Å². The highest BCUT2D eigenvalue weighted by molar-refractivity contribution is 5.73. The third-order valence-electron chi connectivity index (χ3n) is 3.77.